The Morgan fingerprint density at radius 1 is 0.906 bits per heavy atom. The number of halogens is 4. The summed E-state index contributed by atoms with van der Waals surface area (Å²) in [6, 6.07) is 14.3. The van der Waals surface area contributed by atoms with Gasteiger partial charge >= 0.3 is 6.18 Å². The number of para-hydroxylation sites is 1. The van der Waals surface area contributed by atoms with Crippen molar-refractivity contribution in [2.24, 2.45) is 0 Å². The van der Waals surface area contributed by atoms with Gasteiger partial charge < -0.3 is 10.1 Å². The van der Waals surface area contributed by atoms with E-state index in [4.69, 9.17) is 4.74 Å². The second-order valence-electron chi connectivity index (χ2n) is 6.46. The van der Waals surface area contributed by atoms with Crippen LogP contribution >= 0.6 is 0 Å². The number of anilines is 2. The molecule has 6 nitrogen and oxygen atoms in total. The summed E-state index contributed by atoms with van der Waals surface area (Å²) in [5.74, 6) is -1.21. The minimum Gasteiger partial charge on any atom is -0.484 e. The van der Waals surface area contributed by atoms with E-state index >= 15 is 0 Å². The predicted molar refractivity (Wildman–Crippen MR) is 109 cm³/mol. The molecule has 0 aliphatic carbocycles. The normalized spacial score (nSPS) is 11.6. The van der Waals surface area contributed by atoms with Gasteiger partial charge in [-0.2, -0.15) is 13.2 Å². The SMILES string of the molecule is O=C(COc1ccc(S(=O)(=O)Nc2ccc(F)cc2)cc1)Nc1ccccc1C(F)(F)F. The van der Waals surface area contributed by atoms with Crippen molar-refractivity contribution < 1.29 is 35.5 Å². The number of benzene rings is 3. The predicted octanol–water partition coefficient (Wildman–Crippen LogP) is 4.66. The van der Waals surface area contributed by atoms with E-state index in [1.807, 2.05) is 0 Å². The summed E-state index contributed by atoms with van der Waals surface area (Å²) in [6.07, 6.45) is -4.63. The molecule has 3 aromatic rings. The van der Waals surface area contributed by atoms with Crippen molar-refractivity contribution >= 4 is 27.3 Å². The van der Waals surface area contributed by atoms with E-state index in [9.17, 15) is 30.8 Å². The molecule has 0 fully saturated rings. The summed E-state index contributed by atoms with van der Waals surface area (Å²) in [7, 11) is -3.95. The van der Waals surface area contributed by atoms with Gasteiger partial charge in [-0.15, -0.1) is 0 Å². The van der Waals surface area contributed by atoms with Crippen LogP contribution < -0.4 is 14.8 Å². The quantitative estimate of drug-likeness (QED) is 0.494. The van der Waals surface area contributed by atoms with Crippen LogP contribution in [0.25, 0.3) is 0 Å². The monoisotopic (exact) mass is 468 g/mol. The fraction of sp³-hybridized carbons (Fsp3) is 0.0952. The van der Waals surface area contributed by atoms with Gasteiger partial charge in [0.15, 0.2) is 6.61 Å². The highest BCUT2D eigenvalue weighted by atomic mass is 32.2. The highest BCUT2D eigenvalue weighted by Gasteiger charge is 2.33. The van der Waals surface area contributed by atoms with Crippen LogP contribution in [0.1, 0.15) is 5.56 Å². The first kappa shape index (κ1) is 23.1. The standard InChI is InChI=1S/C21H16F4N2O4S/c22-14-5-7-15(8-6-14)27-32(29,30)17-11-9-16(10-12-17)31-13-20(28)26-19-4-2-1-3-18(19)21(23,24)25/h1-12,27H,13H2,(H,26,28). The van der Waals surface area contributed by atoms with Gasteiger partial charge in [0.1, 0.15) is 11.6 Å². The molecular formula is C21H16F4N2O4S. The van der Waals surface area contributed by atoms with Crippen LogP contribution in [0, 0.1) is 5.82 Å². The van der Waals surface area contributed by atoms with Crippen LogP contribution in [-0.4, -0.2) is 20.9 Å². The molecule has 0 saturated carbocycles. The highest BCUT2D eigenvalue weighted by Crippen LogP contribution is 2.34. The zero-order valence-corrected chi connectivity index (χ0v) is 17.0. The Balaban J connectivity index is 1.60. The second-order valence-corrected chi connectivity index (χ2v) is 8.15. The minimum absolute atomic E-state index is 0.113. The average Bonchev–Trinajstić information content (AvgIpc) is 2.74. The van der Waals surface area contributed by atoms with E-state index in [1.54, 1.807) is 0 Å². The minimum atomic E-state index is -4.63. The Bertz CT molecular complexity index is 1200. The van der Waals surface area contributed by atoms with Crippen LogP contribution in [0.2, 0.25) is 0 Å². The highest BCUT2D eigenvalue weighted by molar-refractivity contribution is 7.92. The summed E-state index contributed by atoms with van der Waals surface area (Å²) in [6.45, 7) is -0.591. The molecule has 0 aliphatic rings. The van der Waals surface area contributed by atoms with Crippen molar-refractivity contribution in [2.45, 2.75) is 11.1 Å². The Morgan fingerprint density at radius 3 is 2.16 bits per heavy atom. The molecule has 0 aliphatic heterocycles. The molecule has 3 aromatic carbocycles. The van der Waals surface area contributed by atoms with Crippen molar-refractivity contribution in [3.63, 3.8) is 0 Å². The van der Waals surface area contributed by atoms with E-state index in [2.05, 4.69) is 10.0 Å². The zero-order chi connectivity index (χ0) is 23.4. The van der Waals surface area contributed by atoms with Crippen molar-refractivity contribution in [1.29, 1.82) is 0 Å². The third-order valence-corrected chi connectivity index (χ3v) is 5.50. The lowest BCUT2D eigenvalue weighted by Crippen LogP contribution is -2.22. The van der Waals surface area contributed by atoms with Crippen molar-refractivity contribution in [3.8, 4) is 5.75 Å². The van der Waals surface area contributed by atoms with E-state index < -0.39 is 45.8 Å². The van der Waals surface area contributed by atoms with Gasteiger partial charge in [-0.3, -0.25) is 9.52 Å². The van der Waals surface area contributed by atoms with E-state index in [0.717, 1.165) is 24.3 Å². The Hall–Kier alpha value is -3.60. The lowest BCUT2D eigenvalue weighted by molar-refractivity contribution is -0.137. The zero-order valence-electron chi connectivity index (χ0n) is 16.2. The molecular weight excluding hydrogens is 452 g/mol. The lowest BCUT2D eigenvalue weighted by atomic mass is 10.1. The number of hydrogen-bond donors (Lipinski definition) is 2. The number of sulfonamides is 1. The summed E-state index contributed by atoms with van der Waals surface area (Å²) in [4.78, 5) is 11.9. The number of carbonyl (C=O) groups excluding carboxylic acids is 1. The van der Waals surface area contributed by atoms with Crippen LogP contribution in [-0.2, 0) is 21.0 Å². The van der Waals surface area contributed by atoms with E-state index in [1.165, 1.54) is 48.5 Å². The van der Waals surface area contributed by atoms with Crippen molar-refractivity contribution in [3.05, 3.63) is 84.2 Å². The lowest BCUT2D eigenvalue weighted by Gasteiger charge is -2.14. The van der Waals surface area contributed by atoms with E-state index in [0.29, 0.717) is 0 Å². The summed E-state index contributed by atoms with van der Waals surface area (Å²) in [5, 5.41) is 2.14. The van der Waals surface area contributed by atoms with Crippen LogP contribution in [0.5, 0.6) is 5.75 Å². The maximum Gasteiger partial charge on any atom is 0.418 e. The Morgan fingerprint density at radius 2 is 1.53 bits per heavy atom. The molecule has 32 heavy (non-hydrogen) atoms. The van der Waals surface area contributed by atoms with Gasteiger partial charge in [0.25, 0.3) is 15.9 Å². The first-order chi connectivity index (χ1) is 15.0. The van der Waals surface area contributed by atoms with Crippen LogP contribution in [0.4, 0.5) is 28.9 Å². The molecule has 0 bridgehead atoms. The molecule has 0 heterocycles. The molecule has 11 heteroatoms. The van der Waals surface area contributed by atoms with Gasteiger partial charge in [-0.1, -0.05) is 12.1 Å². The summed E-state index contributed by atoms with van der Waals surface area (Å²) >= 11 is 0. The van der Waals surface area contributed by atoms with Gasteiger partial charge in [0, 0.05) is 5.69 Å². The number of carbonyl (C=O) groups is 1. The number of alkyl halides is 3. The topological polar surface area (TPSA) is 84.5 Å². The molecule has 0 spiro atoms. The fourth-order valence-electron chi connectivity index (χ4n) is 2.62. The maximum absolute atomic E-state index is 13.0. The molecule has 0 unspecified atom stereocenters. The largest absolute Gasteiger partial charge is 0.484 e. The smallest absolute Gasteiger partial charge is 0.418 e. The second kappa shape index (κ2) is 9.27. The third kappa shape index (κ3) is 5.97. The first-order valence-electron chi connectivity index (χ1n) is 9.02. The van der Waals surface area contributed by atoms with Crippen LogP contribution in [0.15, 0.2) is 77.7 Å². The number of hydrogen-bond acceptors (Lipinski definition) is 4. The molecule has 3 rings (SSSR count). The van der Waals surface area contributed by atoms with E-state index in [-0.39, 0.29) is 16.3 Å². The summed E-state index contributed by atoms with van der Waals surface area (Å²) < 4.78 is 84.2. The van der Waals surface area contributed by atoms with Crippen molar-refractivity contribution in [2.75, 3.05) is 16.6 Å². The molecule has 2 N–H and O–H groups in total. The van der Waals surface area contributed by atoms with Gasteiger partial charge in [0.2, 0.25) is 0 Å². The number of amides is 1. The van der Waals surface area contributed by atoms with Gasteiger partial charge in [-0.05, 0) is 60.7 Å². The number of rotatable bonds is 7. The van der Waals surface area contributed by atoms with Gasteiger partial charge in [-0.25, -0.2) is 12.8 Å². The molecule has 1 amide bonds. The average molecular weight is 468 g/mol. The maximum atomic E-state index is 13.0. The number of nitrogens with one attached hydrogen (secondary N) is 2. The fourth-order valence-corrected chi connectivity index (χ4v) is 3.68. The third-order valence-electron chi connectivity index (χ3n) is 4.11. The molecule has 0 aromatic heterocycles. The molecule has 0 radical (unpaired) electrons. The van der Waals surface area contributed by atoms with Gasteiger partial charge in [0.05, 0.1) is 16.1 Å². The first-order valence-corrected chi connectivity index (χ1v) is 10.5. The molecule has 0 atom stereocenters. The number of ether oxygens (including phenoxy) is 1. The van der Waals surface area contributed by atoms with Crippen LogP contribution in [0.3, 0.4) is 0 Å². The molecule has 168 valence electrons. The van der Waals surface area contributed by atoms with Crippen molar-refractivity contribution in [1.82, 2.24) is 0 Å². The molecule has 0 saturated heterocycles. The Kier molecular flexibility index (Phi) is 6.68. The summed E-state index contributed by atoms with van der Waals surface area (Å²) in [5.41, 5.74) is -1.22. The Labute approximate surface area is 180 Å².